The van der Waals surface area contributed by atoms with Crippen LogP contribution in [0.4, 0.5) is 0 Å². The summed E-state index contributed by atoms with van der Waals surface area (Å²) in [5.74, 6) is -3.73. The van der Waals surface area contributed by atoms with Crippen LogP contribution in [-0.2, 0) is 56.6 Å². The van der Waals surface area contributed by atoms with Crippen LogP contribution >= 0.6 is 0 Å². The van der Waals surface area contributed by atoms with E-state index in [1.807, 2.05) is 12.1 Å². The van der Waals surface area contributed by atoms with Crippen molar-refractivity contribution >= 4 is 24.4 Å². The molecule has 2 atom stereocenters. The van der Waals surface area contributed by atoms with Crippen LogP contribution in [0.1, 0.15) is 22.3 Å². The van der Waals surface area contributed by atoms with Crippen molar-refractivity contribution in [2.75, 3.05) is 21.3 Å². The van der Waals surface area contributed by atoms with Gasteiger partial charge in [-0.05, 0) is 46.5 Å². The largest absolute Gasteiger partial charge is 2.00 e. The minimum Gasteiger partial charge on any atom is -0.872 e. The third-order valence-electron chi connectivity index (χ3n) is 5.87. The maximum Gasteiger partial charge on any atom is 2.00 e. The smallest absolute Gasteiger partial charge is 0.872 e. The van der Waals surface area contributed by atoms with Gasteiger partial charge in [0.15, 0.2) is 0 Å². The quantitative estimate of drug-likeness (QED) is 0.0907. The van der Waals surface area contributed by atoms with Crippen molar-refractivity contribution in [2.24, 2.45) is 9.98 Å². The van der Waals surface area contributed by atoms with Gasteiger partial charge < -0.3 is 61.0 Å². The predicted octanol–water partition coefficient (Wildman–Crippen LogP) is -1.51. The van der Waals surface area contributed by atoms with E-state index in [2.05, 4.69) is 9.98 Å². The molecule has 4 aromatic carbocycles. The second kappa shape index (κ2) is 31.2. The molecule has 51 heavy (non-hydrogen) atoms. The monoisotopic (exact) mass is 806 g/mol. The van der Waals surface area contributed by atoms with Gasteiger partial charge in [-0.2, -0.15) is 0 Å². The molecule has 284 valence electrons. The molecule has 0 spiro atoms. The first-order valence-corrected chi connectivity index (χ1v) is 14.0. The Hall–Kier alpha value is -4.76. The van der Waals surface area contributed by atoms with E-state index < -0.39 is 35.5 Å². The van der Waals surface area contributed by atoms with Gasteiger partial charge in [-0.3, -0.25) is 9.98 Å². The van der Waals surface area contributed by atoms with Crippen LogP contribution in [-0.4, -0.2) is 88.8 Å². The zero-order valence-corrected chi connectivity index (χ0v) is 29.5. The summed E-state index contributed by atoms with van der Waals surface area (Å²) in [6.45, 7) is 0. The van der Waals surface area contributed by atoms with Crippen molar-refractivity contribution < 1.29 is 95.2 Å². The summed E-state index contributed by atoms with van der Waals surface area (Å²) < 4.78 is 0. The summed E-state index contributed by atoms with van der Waals surface area (Å²) in [4.78, 5) is 30.1. The molecule has 0 saturated carbocycles. The summed E-state index contributed by atoms with van der Waals surface area (Å²) in [6.07, 6.45) is 2.77. The first-order chi connectivity index (χ1) is 23.1. The van der Waals surface area contributed by atoms with Gasteiger partial charge in [-0.25, -0.2) is 0 Å². The van der Waals surface area contributed by atoms with E-state index in [1.165, 1.54) is 36.7 Å². The zero-order valence-electron chi connectivity index (χ0n) is 27.6. The second-order valence-electron chi connectivity index (χ2n) is 9.05. The number of carbonyl (C=O) groups excluding carboxylic acids is 2. The van der Waals surface area contributed by atoms with Gasteiger partial charge in [0.1, 0.15) is 11.5 Å². The van der Waals surface area contributed by atoms with Gasteiger partial charge in [0.05, 0.1) is 24.0 Å². The maximum absolute atomic E-state index is 11.6. The topological polar surface area (TPSA) is 284 Å². The van der Waals surface area contributed by atoms with Crippen LogP contribution in [0.5, 0.6) is 23.0 Å². The molecule has 2 radical (unpaired) electrons. The Morgan fingerprint density at radius 2 is 0.882 bits per heavy atom. The van der Waals surface area contributed by atoms with Crippen molar-refractivity contribution in [1.82, 2.24) is 0 Å². The third-order valence-corrected chi connectivity index (χ3v) is 5.87. The van der Waals surface area contributed by atoms with Crippen molar-refractivity contribution in [3.8, 4) is 23.0 Å². The van der Waals surface area contributed by atoms with E-state index in [0.29, 0.717) is 0 Å². The van der Waals surface area contributed by atoms with Crippen molar-refractivity contribution in [3.05, 3.63) is 119 Å². The molecule has 0 amide bonds. The van der Waals surface area contributed by atoms with E-state index in [4.69, 9.17) is 25.5 Å². The third kappa shape index (κ3) is 21.1. The van der Waals surface area contributed by atoms with Gasteiger partial charge in [-0.1, -0.05) is 84.3 Å². The number of aliphatic hydroxyl groups excluding tert-OH is 3. The van der Waals surface area contributed by atoms with Crippen LogP contribution in [0.2, 0.25) is 0 Å². The number of carboxylic acids is 2. The number of aliphatic imine (C=N–C) groups is 2. The Bertz CT molecular complexity index is 1440. The number of carboxylic acid groups (broad SMARTS) is 2. The van der Waals surface area contributed by atoms with Gasteiger partial charge >= 0.3 is 34.1 Å². The van der Waals surface area contributed by atoms with Gasteiger partial charge in [-0.15, -0.1) is 0 Å². The normalized spacial score (nSPS) is 10.5. The zero-order chi connectivity index (χ0) is 36.5. The predicted molar refractivity (Wildman–Crippen MR) is 176 cm³/mol. The number of phenols is 2. The van der Waals surface area contributed by atoms with E-state index in [1.54, 1.807) is 48.5 Å². The first-order valence-electron chi connectivity index (χ1n) is 14.0. The molecule has 7 N–H and O–H groups in total. The summed E-state index contributed by atoms with van der Waals surface area (Å²) in [5, 5.41) is 84.7. The van der Waals surface area contributed by atoms with Crippen molar-refractivity contribution in [1.29, 1.82) is 0 Å². The number of phenolic OH excluding ortho intramolecular Hbond substituents is 2. The summed E-state index contributed by atoms with van der Waals surface area (Å²) >= 11 is 0. The molecule has 0 aromatic heterocycles. The fourth-order valence-electron chi connectivity index (χ4n) is 3.67. The average Bonchev–Trinajstić information content (AvgIpc) is 3.10. The molecule has 0 heterocycles. The number of hydrogen-bond donors (Lipinski definition) is 5. The summed E-state index contributed by atoms with van der Waals surface area (Å²) in [7, 11) is 3.00. The van der Waals surface area contributed by atoms with Crippen LogP contribution < -0.4 is 20.4 Å². The molecular formula is C35H40Cu2N2O12. The molecule has 16 heteroatoms. The fourth-order valence-corrected chi connectivity index (χ4v) is 3.67. The Labute approximate surface area is 317 Å². The van der Waals surface area contributed by atoms with Crippen LogP contribution in [0.3, 0.4) is 0 Å². The number of hydrogen-bond acceptors (Lipinski definition) is 13. The Morgan fingerprint density at radius 1 is 0.588 bits per heavy atom. The number of aromatic hydroxyl groups is 2. The molecule has 0 aliphatic heterocycles. The maximum atomic E-state index is 11.6. The second-order valence-corrected chi connectivity index (χ2v) is 9.05. The van der Waals surface area contributed by atoms with E-state index in [-0.39, 0.29) is 75.1 Å². The molecule has 4 rings (SSSR count). The van der Waals surface area contributed by atoms with Crippen molar-refractivity contribution in [2.45, 2.75) is 24.9 Å². The SMILES string of the molecule is CO.CO.CO.O.O=C([O-])[C@H](Cc1ccccc1)N=Cc1ccc(O)cc1[O-].O=C([O-])[C@H](Cc1ccccc1)N=Cc1ccc(O)cc1[O-].[Cu+2].[Cu+2]. The molecule has 0 fully saturated rings. The number of aliphatic carboxylic acids is 2. The Kier molecular flexibility index (Phi) is 32.5. The summed E-state index contributed by atoms with van der Waals surface area (Å²) in [5.41, 5.74) is 2.06. The molecule has 4 aromatic rings. The molecule has 0 saturated heterocycles. The first kappa shape index (κ1) is 53.0. The number of carbonyl (C=O) groups is 2. The van der Waals surface area contributed by atoms with E-state index in [9.17, 15) is 30.0 Å². The minimum absolute atomic E-state index is 0. The van der Waals surface area contributed by atoms with E-state index >= 15 is 0 Å². The standard InChI is InChI=1S/2C16H15NO4.3CH4O.2Cu.H2O/c2*18-13-7-6-12(15(19)9-13)10-17-14(16(20)21)8-11-4-2-1-3-5-11;3*1-2;;;/h2*1-7,9-10,14,18-19H,8H2,(H,20,21);3*2H,1H3;;;1H2/q;;;;;2*+2;/p-4/t2*14-;;;;;;/m00....../s1. The summed E-state index contributed by atoms with van der Waals surface area (Å²) in [6, 6.07) is 23.5. The molecule has 14 nitrogen and oxygen atoms in total. The Morgan fingerprint density at radius 3 is 1.14 bits per heavy atom. The molecule has 0 bridgehead atoms. The van der Waals surface area contributed by atoms with Gasteiger partial charge in [0.2, 0.25) is 0 Å². The number of rotatable bonds is 10. The van der Waals surface area contributed by atoms with Crippen LogP contribution in [0, 0.1) is 0 Å². The Balaban J connectivity index is -0.000000359. The number of aliphatic hydroxyl groups is 3. The fraction of sp³-hybridized carbons (Fsp3) is 0.200. The molecule has 0 unspecified atom stereocenters. The minimum atomic E-state index is -1.30. The van der Waals surface area contributed by atoms with Gasteiger partial charge in [0, 0.05) is 46.6 Å². The molecule has 0 aliphatic carbocycles. The number of nitrogens with zero attached hydrogens (tertiary/aromatic N) is 2. The van der Waals surface area contributed by atoms with Crippen molar-refractivity contribution in [3.63, 3.8) is 0 Å². The van der Waals surface area contributed by atoms with E-state index in [0.717, 1.165) is 44.6 Å². The molecular weight excluding hydrogens is 767 g/mol. The van der Waals surface area contributed by atoms with Crippen LogP contribution in [0.25, 0.3) is 0 Å². The number of benzene rings is 4. The average molecular weight is 808 g/mol. The van der Waals surface area contributed by atoms with Gasteiger partial charge in [0.25, 0.3) is 0 Å². The molecule has 0 aliphatic rings. The van der Waals surface area contributed by atoms with Crippen LogP contribution in [0.15, 0.2) is 107 Å².